The van der Waals surface area contributed by atoms with Gasteiger partial charge in [0.2, 0.25) is 11.8 Å². The highest BCUT2D eigenvalue weighted by Gasteiger charge is 2.35. The molecule has 152 valence electrons. The van der Waals surface area contributed by atoms with Gasteiger partial charge in [-0.15, -0.1) is 0 Å². The van der Waals surface area contributed by atoms with Crippen LogP contribution in [-0.4, -0.2) is 35.3 Å². The third-order valence-corrected chi connectivity index (χ3v) is 6.07. The van der Waals surface area contributed by atoms with E-state index in [0.29, 0.717) is 30.6 Å². The number of anilines is 2. The monoisotopic (exact) mass is 391 g/mol. The van der Waals surface area contributed by atoms with Crippen LogP contribution in [0.4, 0.5) is 11.4 Å². The molecule has 1 saturated carbocycles. The summed E-state index contributed by atoms with van der Waals surface area (Å²) < 4.78 is 0. The topological polar surface area (TPSA) is 52.7 Å². The van der Waals surface area contributed by atoms with Crippen LogP contribution in [0.25, 0.3) is 0 Å². The van der Waals surface area contributed by atoms with Gasteiger partial charge < -0.3 is 10.2 Å². The second kappa shape index (κ2) is 8.37. The molecule has 0 radical (unpaired) electrons. The quantitative estimate of drug-likeness (QED) is 0.808. The largest absolute Gasteiger partial charge is 0.324 e. The molecule has 1 aliphatic carbocycles. The van der Waals surface area contributed by atoms with Gasteiger partial charge >= 0.3 is 0 Å². The van der Waals surface area contributed by atoms with Gasteiger partial charge in [0.05, 0.1) is 17.9 Å². The van der Waals surface area contributed by atoms with E-state index in [1.54, 1.807) is 0 Å². The third kappa shape index (κ3) is 4.51. The van der Waals surface area contributed by atoms with Gasteiger partial charge in [-0.3, -0.25) is 14.5 Å². The molecule has 2 aromatic rings. The summed E-state index contributed by atoms with van der Waals surface area (Å²) in [7, 11) is 0. The fraction of sp³-hybridized carbons (Fsp3) is 0.417. The van der Waals surface area contributed by atoms with Crippen LogP contribution < -0.4 is 10.2 Å². The van der Waals surface area contributed by atoms with Crippen molar-refractivity contribution in [3.8, 4) is 0 Å². The zero-order valence-electron chi connectivity index (χ0n) is 17.2. The number of hydrogen-bond acceptors (Lipinski definition) is 3. The van der Waals surface area contributed by atoms with E-state index in [-0.39, 0.29) is 17.9 Å². The summed E-state index contributed by atoms with van der Waals surface area (Å²) in [5.74, 6) is 0.668. The lowest BCUT2D eigenvalue weighted by molar-refractivity contribution is -0.121. The SMILES string of the molecule is CC(C1CC1)N(CC(=O)N1c2ccccc2NC(=O)CC1C)Cc1ccccc1. The van der Waals surface area contributed by atoms with Crippen molar-refractivity contribution in [1.82, 2.24) is 4.90 Å². The summed E-state index contributed by atoms with van der Waals surface area (Å²) in [5, 5.41) is 2.94. The molecule has 2 amide bonds. The molecule has 29 heavy (non-hydrogen) atoms. The molecule has 4 rings (SSSR count). The van der Waals surface area contributed by atoms with Crippen LogP contribution in [0.5, 0.6) is 0 Å². The molecular weight excluding hydrogens is 362 g/mol. The predicted molar refractivity (Wildman–Crippen MR) is 116 cm³/mol. The van der Waals surface area contributed by atoms with E-state index in [1.807, 2.05) is 54.3 Å². The van der Waals surface area contributed by atoms with Gasteiger partial charge in [-0.1, -0.05) is 42.5 Å². The first-order valence-corrected chi connectivity index (χ1v) is 10.5. The standard InChI is InChI=1S/C24H29N3O2/c1-17-14-23(28)25-21-10-6-7-11-22(21)27(17)24(29)16-26(18(2)20-12-13-20)15-19-8-4-3-5-9-19/h3-11,17-18,20H,12-16H2,1-2H3,(H,25,28). The van der Waals surface area contributed by atoms with E-state index in [1.165, 1.54) is 18.4 Å². The molecule has 1 N–H and O–H groups in total. The summed E-state index contributed by atoms with van der Waals surface area (Å²) in [6, 6.07) is 18.1. The minimum atomic E-state index is -0.180. The first-order chi connectivity index (χ1) is 14.0. The number of amides is 2. The van der Waals surface area contributed by atoms with Crippen LogP contribution in [0.1, 0.15) is 38.7 Å². The minimum Gasteiger partial charge on any atom is -0.324 e. The number of hydrogen-bond donors (Lipinski definition) is 1. The Labute approximate surface area is 172 Å². The van der Waals surface area contributed by atoms with Gasteiger partial charge in [-0.05, 0) is 50.3 Å². The van der Waals surface area contributed by atoms with Gasteiger partial charge in [-0.25, -0.2) is 0 Å². The van der Waals surface area contributed by atoms with Gasteiger partial charge in [0.25, 0.3) is 0 Å². The zero-order chi connectivity index (χ0) is 20.4. The van der Waals surface area contributed by atoms with E-state index in [2.05, 4.69) is 29.3 Å². The lowest BCUT2D eigenvalue weighted by Crippen LogP contribution is -2.47. The van der Waals surface area contributed by atoms with Crippen molar-refractivity contribution < 1.29 is 9.59 Å². The molecule has 2 atom stereocenters. The molecular formula is C24H29N3O2. The Morgan fingerprint density at radius 3 is 2.55 bits per heavy atom. The Balaban J connectivity index is 1.58. The predicted octanol–water partition coefficient (Wildman–Crippen LogP) is 4.05. The summed E-state index contributed by atoms with van der Waals surface area (Å²) in [4.78, 5) is 29.9. The smallest absolute Gasteiger partial charge is 0.241 e. The highest BCUT2D eigenvalue weighted by atomic mass is 16.2. The minimum absolute atomic E-state index is 0.0462. The maximum absolute atomic E-state index is 13.5. The average molecular weight is 392 g/mol. The molecule has 2 unspecified atom stereocenters. The van der Waals surface area contributed by atoms with E-state index >= 15 is 0 Å². The van der Waals surface area contributed by atoms with Crippen LogP contribution >= 0.6 is 0 Å². The zero-order valence-corrected chi connectivity index (χ0v) is 17.2. The molecule has 5 heteroatoms. The Morgan fingerprint density at radius 1 is 1.14 bits per heavy atom. The van der Waals surface area contributed by atoms with E-state index in [4.69, 9.17) is 0 Å². The normalized spacial score (nSPS) is 20.0. The van der Waals surface area contributed by atoms with Crippen LogP contribution in [0.3, 0.4) is 0 Å². The second-order valence-corrected chi connectivity index (χ2v) is 8.35. The molecule has 1 aliphatic heterocycles. The van der Waals surface area contributed by atoms with Gasteiger partial charge in [0.15, 0.2) is 0 Å². The van der Waals surface area contributed by atoms with Crippen LogP contribution in [0.15, 0.2) is 54.6 Å². The molecule has 1 fully saturated rings. The molecule has 0 bridgehead atoms. The maximum atomic E-state index is 13.5. The van der Waals surface area contributed by atoms with Gasteiger partial charge in [-0.2, -0.15) is 0 Å². The Bertz CT molecular complexity index is 879. The van der Waals surface area contributed by atoms with Crippen molar-refractivity contribution in [2.75, 3.05) is 16.8 Å². The van der Waals surface area contributed by atoms with Crippen LogP contribution in [0, 0.1) is 5.92 Å². The van der Waals surface area contributed by atoms with Gasteiger partial charge in [0.1, 0.15) is 0 Å². The van der Waals surface area contributed by atoms with E-state index < -0.39 is 0 Å². The maximum Gasteiger partial charge on any atom is 0.241 e. The Morgan fingerprint density at radius 2 is 1.83 bits per heavy atom. The fourth-order valence-electron chi connectivity index (χ4n) is 4.26. The lowest BCUT2D eigenvalue weighted by Gasteiger charge is -2.33. The van der Waals surface area contributed by atoms with Crippen molar-refractivity contribution in [3.05, 3.63) is 60.2 Å². The average Bonchev–Trinajstić information content (AvgIpc) is 3.54. The van der Waals surface area contributed by atoms with Crippen molar-refractivity contribution in [3.63, 3.8) is 0 Å². The number of rotatable bonds is 6. The number of carbonyl (C=O) groups is 2. The summed E-state index contributed by atoms with van der Waals surface area (Å²) >= 11 is 0. The highest BCUT2D eigenvalue weighted by molar-refractivity contribution is 6.04. The van der Waals surface area contributed by atoms with E-state index in [9.17, 15) is 9.59 Å². The third-order valence-electron chi connectivity index (χ3n) is 6.07. The first kappa shape index (κ1) is 19.6. The number of nitrogens with zero attached hydrogens (tertiary/aromatic N) is 2. The highest BCUT2D eigenvalue weighted by Crippen LogP contribution is 2.36. The molecule has 0 saturated heterocycles. The van der Waals surface area contributed by atoms with Crippen molar-refractivity contribution in [2.45, 2.75) is 51.7 Å². The molecule has 2 aromatic carbocycles. The van der Waals surface area contributed by atoms with E-state index in [0.717, 1.165) is 12.2 Å². The van der Waals surface area contributed by atoms with Crippen LogP contribution in [-0.2, 0) is 16.1 Å². The number of para-hydroxylation sites is 2. The molecule has 0 aromatic heterocycles. The van der Waals surface area contributed by atoms with Gasteiger partial charge in [0, 0.05) is 25.0 Å². The van der Waals surface area contributed by atoms with Crippen molar-refractivity contribution >= 4 is 23.2 Å². The first-order valence-electron chi connectivity index (χ1n) is 10.5. The summed E-state index contributed by atoms with van der Waals surface area (Å²) in [6.07, 6.45) is 2.78. The second-order valence-electron chi connectivity index (χ2n) is 8.35. The number of fused-ring (bicyclic) bond motifs is 1. The van der Waals surface area contributed by atoms with Crippen molar-refractivity contribution in [2.24, 2.45) is 5.92 Å². The fourth-order valence-corrected chi connectivity index (χ4v) is 4.26. The lowest BCUT2D eigenvalue weighted by atomic mass is 10.1. The summed E-state index contributed by atoms with van der Waals surface area (Å²) in [5.41, 5.74) is 2.71. The number of nitrogens with one attached hydrogen (secondary N) is 1. The Hall–Kier alpha value is -2.66. The molecule has 1 heterocycles. The van der Waals surface area contributed by atoms with Crippen LogP contribution in [0.2, 0.25) is 0 Å². The number of carbonyl (C=O) groups excluding carboxylic acids is 2. The molecule has 5 nitrogen and oxygen atoms in total. The molecule has 0 spiro atoms. The summed E-state index contributed by atoms with van der Waals surface area (Å²) in [6.45, 7) is 5.29. The Kier molecular flexibility index (Phi) is 5.67. The number of benzene rings is 2. The van der Waals surface area contributed by atoms with Crippen molar-refractivity contribution in [1.29, 1.82) is 0 Å². The molecule has 2 aliphatic rings.